The molecule has 2 aliphatic heterocycles. The smallest absolute Gasteiger partial charge is 0.337 e. The molecule has 5 aliphatic carbocycles. The number of aliphatic hydroxyl groups is 5. The predicted molar refractivity (Wildman–Crippen MR) is 213 cm³/mol. The maximum Gasteiger partial charge on any atom is 0.337 e. The Balaban J connectivity index is 1.18. The number of ether oxygens (including phenoxy) is 7. The molecule has 4 saturated carbocycles. The summed E-state index contributed by atoms with van der Waals surface area (Å²) in [6.07, 6.45) is -9.88. The van der Waals surface area contributed by atoms with Gasteiger partial charge in [-0.25, -0.2) is 9.59 Å². The van der Waals surface area contributed by atoms with Crippen LogP contribution >= 0.6 is 0 Å². The zero-order chi connectivity index (χ0) is 45.0. The molecule has 0 aromatic heterocycles. The number of rotatable bonds is 7. The van der Waals surface area contributed by atoms with Gasteiger partial charge in [0.05, 0.1) is 32.8 Å². The van der Waals surface area contributed by atoms with E-state index in [9.17, 15) is 44.7 Å². The highest BCUT2D eigenvalue weighted by Crippen LogP contribution is 2.75. The lowest BCUT2D eigenvalue weighted by Crippen LogP contribution is -2.68. The number of hydrogen-bond donors (Lipinski definition) is 5. The van der Waals surface area contributed by atoms with Crippen molar-refractivity contribution in [1.82, 2.24) is 0 Å². The molecule has 0 aromatic rings. The normalized spacial score (nSPS) is 50.4. The first-order chi connectivity index (χ1) is 28.4. The number of methoxy groups -OCH3 is 3. The van der Waals surface area contributed by atoms with E-state index in [-0.39, 0.29) is 45.8 Å². The van der Waals surface area contributed by atoms with Crippen LogP contribution in [0.5, 0.6) is 0 Å². The fraction of sp³-hybridized carbons (Fsp3) is 0.867. The van der Waals surface area contributed by atoms with Crippen molar-refractivity contribution in [1.29, 1.82) is 0 Å². The molecule has 0 spiro atoms. The van der Waals surface area contributed by atoms with E-state index in [0.717, 1.165) is 52.7 Å². The van der Waals surface area contributed by atoms with E-state index in [0.29, 0.717) is 19.3 Å². The molecule has 16 heteroatoms. The van der Waals surface area contributed by atoms with E-state index in [2.05, 4.69) is 46.3 Å². The molecule has 16 nitrogen and oxygen atoms in total. The third kappa shape index (κ3) is 6.95. The topological polar surface area (TPSA) is 234 Å². The average molecular weight is 865 g/mol. The summed E-state index contributed by atoms with van der Waals surface area (Å²) in [6.45, 7) is 15.4. The van der Waals surface area contributed by atoms with Gasteiger partial charge < -0.3 is 58.7 Å². The van der Waals surface area contributed by atoms with Gasteiger partial charge in [0.1, 0.15) is 36.6 Å². The predicted octanol–water partition coefficient (Wildman–Crippen LogP) is 2.51. The lowest BCUT2D eigenvalue weighted by atomic mass is 9.33. The number of ketones is 1. The number of esters is 3. The van der Waals surface area contributed by atoms with Crippen molar-refractivity contribution < 1.29 is 77.9 Å². The van der Waals surface area contributed by atoms with Gasteiger partial charge in [0.2, 0.25) is 0 Å². The van der Waals surface area contributed by atoms with Crippen molar-refractivity contribution in [3.8, 4) is 0 Å². The van der Waals surface area contributed by atoms with Crippen molar-refractivity contribution in [2.75, 3.05) is 21.3 Å². The minimum atomic E-state index is -1.93. The van der Waals surface area contributed by atoms with Crippen LogP contribution in [0.2, 0.25) is 0 Å². The molecule has 7 aliphatic rings. The van der Waals surface area contributed by atoms with Crippen LogP contribution in [-0.2, 0) is 52.3 Å². The summed E-state index contributed by atoms with van der Waals surface area (Å²) in [7, 11) is 3.59. The summed E-state index contributed by atoms with van der Waals surface area (Å²) in [5.41, 5.74) is -1.21. The van der Waals surface area contributed by atoms with Crippen LogP contribution in [0.1, 0.15) is 106 Å². The van der Waals surface area contributed by atoms with E-state index < -0.39 is 95.7 Å². The first-order valence-electron chi connectivity index (χ1n) is 21.9. The molecule has 0 bridgehead atoms. The Labute approximate surface area is 357 Å². The van der Waals surface area contributed by atoms with Crippen LogP contribution in [-0.4, -0.2) is 138 Å². The Morgan fingerprint density at radius 2 is 1.26 bits per heavy atom. The Morgan fingerprint density at radius 1 is 0.672 bits per heavy atom. The van der Waals surface area contributed by atoms with Crippen LogP contribution in [0.25, 0.3) is 0 Å². The molecule has 0 aromatic carbocycles. The van der Waals surface area contributed by atoms with Crippen LogP contribution < -0.4 is 0 Å². The summed E-state index contributed by atoms with van der Waals surface area (Å²) in [5, 5.41) is 54.5. The van der Waals surface area contributed by atoms with E-state index in [1.165, 1.54) is 12.7 Å². The molecule has 2 heterocycles. The van der Waals surface area contributed by atoms with Crippen LogP contribution in [0.3, 0.4) is 0 Å². The molecule has 0 amide bonds. The highest BCUT2D eigenvalue weighted by atomic mass is 16.8. The van der Waals surface area contributed by atoms with Crippen LogP contribution in [0.15, 0.2) is 11.6 Å². The molecule has 19 atom stereocenters. The molecule has 0 radical (unpaired) electrons. The first-order valence-corrected chi connectivity index (χ1v) is 21.9. The minimum Gasteiger partial charge on any atom is -0.469 e. The fourth-order valence-electron chi connectivity index (χ4n) is 13.8. The first kappa shape index (κ1) is 46.5. The summed E-state index contributed by atoms with van der Waals surface area (Å²) >= 11 is 0. The number of fused-ring (bicyclic) bond motifs is 7. The molecule has 7 rings (SSSR count). The number of carbonyl (C=O) groups is 4. The second-order valence-electron chi connectivity index (χ2n) is 21.2. The van der Waals surface area contributed by atoms with Crippen molar-refractivity contribution >= 4 is 23.7 Å². The molecule has 2 saturated heterocycles. The van der Waals surface area contributed by atoms with E-state index >= 15 is 0 Å². The van der Waals surface area contributed by atoms with Crippen LogP contribution in [0, 0.1) is 50.2 Å². The van der Waals surface area contributed by atoms with Gasteiger partial charge in [-0.3, -0.25) is 9.59 Å². The molecule has 6 fully saturated rings. The maximum atomic E-state index is 15.0. The molecule has 344 valence electrons. The maximum absolute atomic E-state index is 15.0. The van der Waals surface area contributed by atoms with Gasteiger partial charge in [0.15, 0.2) is 30.6 Å². The summed E-state index contributed by atoms with van der Waals surface area (Å²) < 4.78 is 39.1. The standard InChI is InChI=1S/C45H68O16/c1-40(2)24-11-14-45(7)34(23(46)19-21-22-20-42(4,39(54)57-10)16-15-41(22,3)17-18-44(21,45)6)43(24,5)13-12-25(40)58-38-33(29(50)28(49)32(60-38)36(53)56-9)61-37-30(51)26(47)27(48)31(59-37)35(52)55-8/h19,22,24-34,37-38,47-51H,11-18,20H2,1-10H3/t22-,24-,25-,26-,27-,28-,29-,30+,31-,32-,33?,34+,37?,38?,41+,42+,43-,44+,45+/m0/s1. The molecule has 5 N–H and O–H groups in total. The summed E-state index contributed by atoms with van der Waals surface area (Å²) in [4.78, 5) is 53.4. The quantitative estimate of drug-likeness (QED) is 0.141. The van der Waals surface area contributed by atoms with Gasteiger partial charge in [0.25, 0.3) is 0 Å². The van der Waals surface area contributed by atoms with Crippen molar-refractivity contribution in [2.45, 2.75) is 174 Å². The fourth-order valence-corrected chi connectivity index (χ4v) is 13.8. The number of carbonyl (C=O) groups excluding carboxylic acids is 4. The van der Waals surface area contributed by atoms with Gasteiger partial charge in [-0.1, -0.05) is 47.1 Å². The Morgan fingerprint density at radius 3 is 1.87 bits per heavy atom. The van der Waals surface area contributed by atoms with Gasteiger partial charge in [-0.05, 0) is 110 Å². The average Bonchev–Trinajstić information content (AvgIpc) is 3.21. The lowest BCUT2D eigenvalue weighted by Gasteiger charge is -2.70. The second-order valence-corrected chi connectivity index (χ2v) is 21.2. The zero-order valence-electron chi connectivity index (χ0n) is 37.3. The third-order valence-corrected chi connectivity index (χ3v) is 17.8. The van der Waals surface area contributed by atoms with Crippen molar-refractivity contribution in [3.05, 3.63) is 11.6 Å². The Bertz CT molecular complexity index is 1780. The largest absolute Gasteiger partial charge is 0.469 e. The molecular weight excluding hydrogens is 796 g/mol. The Hall–Kier alpha value is -2.54. The number of aliphatic hydroxyl groups excluding tert-OH is 5. The number of allylic oxidation sites excluding steroid dienone is 2. The zero-order valence-corrected chi connectivity index (χ0v) is 37.3. The summed E-state index contributed by atoms with van der Waals surface area (Å²) in [5.74, 6) is -2.39. The van der Waals surface area contributed by atoms with Crippen molar-refractivity contribution in [3.63, 3.8) is 0 Å². The van der Waals surface area contributed by atoms with Gasteiger partial charge in [-0.15, -0.1) is 0 Å². The van der Waals surface area contributed by atoms with Gasteiger partial charge >= 0.3 is 17.9 Å². The van der Waals surface area contributed by atoms with E-state index in [1.807, 2.05) is 13.0 Å². The van der Waals surface area contributed by atoms with Crippen molar-refractivity contribution in [2.24, 2.45) is 50.2 Å². The molecular formula is C45H68O16. The third-order valence-electron chi connectivity index (χ3n) is 17.8. The van der Waals surface area contributed by atoms with E-state index in [4.69, 9.17) is 28.4 Å². The van der Waals surface area contributed by atoms with E-state index in [1.54, 1.807) is 0 Å². The minimum absolute atomic E-state index is 0.0224. The molecule has 3 unspecified atom stereocenters. The Kier molecular flexibility index (Phi) is 12.1. The van der Waals surface area contributed by atoms with Gasteiger partial charge in [0, 0.05) is 5.92 Å². The highest BCUT2D eigenvalue weighted by Gasteiger charge is 2.71. The lowest BCUT2D eigenvalue weighted by molar-refractivity contribution is -0.371. The second kappa shape index (κ2) is 15.9. The molecule has 61 heavy (non-hydrogen) atoms. The monoisotopic (exact) mass is 864 g/mol. The summed E-state index contributed by atoms with van der Waals surface area (Å²) in [6, 6.07) is 0. The van der Waals surface area contributed by atoms with Gasteiger partial charge in [-0.2, -0.15) is 0 Å². The highest BCUT2D eigenvalue weighted by molar-refractivity contribution is 5.95. The SMILES string of the molecule is COC(=O)[C@H]1OC(O[C@H]2CC[C@]3(C)[C@H]4C(=O)C=C5[C@@H]6C[C@](C)(C(=O)OC)CC[C@]6(C)CC[C@@]5(C)[C@]4(C)CC[C@H]3C2(C)C)C(OC2O[C@H](C(=O)OC)[C@@H](O)[C@H](O)[C@H]2O)[C@@H](O)[C@@H]1O. The van der Waals surface area contributed by atoms with Crippen LogP contribution in [0.4, 0.5) is 0 Å². The number of hydrogen-bond acceptors (Lipinski definition) is 16.